The summed E-state index contributed by atoms with van der Waals surface area (Å²) in [6.45, 7) is -0.0803. The number of aliphatic hydroxyl groups excluding tert-OH is 1. The van der Waals surface area contributed by atoms with Crippen molar-refractivity contribution in [3.8, 4) is 5.75 Å². The van der Waals surface area contributed by atoms with Crippen LogP contribution < -0.4 is 10.1 Å². The molecule has 1 rings (SSSR count). The fourth-order valence-corrected chi connectivity index (χ4v) is 1.27. The number of hydrogen-bond acceptors (Lipinski definition) is 3. The highest BCUT2D eigenvalue weighted by molar-refractivity contribution is 5.31. The Hall–Kier alpha value is -1.13. The molecule has 0 aliphatic heterocycles. The molecule has 0 aliphatic carbocycles. The third-order valence-corrected chi connectivity index (χ3v) is 2.06. The van der Waals surface area contributed by atoms with Crippen LogP contribution in [0.1, 0.15) is 11.6 Å². The number of rotatable bonds is 4. The van der Waals surface area contributed by atoms with Crippen LogP contribution in [0.15, 0.2) is 18.2 Å². The zero-order chi connectivity index (χ0) is 10.6. The molecule has 3 nitrogen and oxygen atoms in total. The lowest BCUT2D eigenvalue weighted by Crippen LogP contribution is -2.20. The second kappa shape index (κ2) is 4.93. The first-order chi connectivity index (χ1) is 6.71. The smallest absolute Gasteiger partial charge is 0.127 e. The molecule has 0 aliphatic rings. The number of methoxy groups -OCH3 is 1. The maximum absolute atomic E-state index is 13.1. The number of benzene rings is 1. The molecule has 0 aromatic heterocycles. The van der Waals surface area contributed by atoms with Crippen LogP contribution in [-0.2, 0) is 0 Å². The Morgan fingerprint density at radius 2 is 2.21 bits per heavy atom. The number of halogens is 1. The van der Waals surface area contributed by atoms with Gasteiger partial charge in [0.2, 0.25) is 0 Å². The zero-order valence-corrected chi connectivity index (χ0v) is 8.25. The van der Waals surface area contributed by atoms with Gasteiger partial charge in [-0.2, -0.15) is 0 Å². The molecule has 2 N–H and O–H groups in total. The van der Waals surface area contributed by atoms with E-state index < -0.39 is 0 Å². The lowest BCUT2D eigenvalue weighted by molar-refractivity contribution is 0.250. The number of hydrogen-bond donors (Lipinski definition) is 2. The van der Waals surface area contributed by atoms with Crippen molar-refractivity contribution < 1.29 is 14.2 Å². The molecule has 0 saturated heterocycles. The molecule has 1 aromatic rings. The van der Waals surface area contributed by atoms with Gasteiger partial charge in [-0.25, -0.2) is 4.39 Å². The molecule has 0 bridgehead atoms. The van der Waals surface area contributed by atoms with E-state index in [1.165, 1.54) is 19.2 Å². The van der Waals surface area contributed by atoms with Gasteiger partial charge in [-0.15, -0.1) is 0 Å². The summed E-state index contributed by atoms with van der Waals surface area (Å²) in [5.41, 5.74) is 0.673. The summed E-state index contributed by atoms with van der Waals surface area (Å²) in [6.07, 6.45) is 0. The lowest BCUT2D eigenvalue weighted by Gasteiger charge is -2.14. The molecule has 0 radical (unpaired) electrons. The van der Waals surface area contributed by atoms with Crippen molar-refractivity contribution in [3.05, 3.63) is 29.6 Å². The van der Waals surface area contributed by atoms with Gasteiger partial charge in [0.1, 0.15) is 11.6 Å². The Labute approximate surface area is 82.5 Å². The third-order valence-electron chi connectivity index (χ3n) is 2.06. The van der Waals surface area contributed by atoms with Crippen molar-refractivity contribution in [1.82, 2.24) is 5.32 Å². The first kappa shape index (κ1) is 10.9. The van der Waals surface area contributed by atoms with Crippen LogP contribution in [0.2, 0.25) is 0 Å². The number of likely N-dealkylation sites (N-methyl/N-ethyl adjacent to an activating group) is 1. The molecule has 1 atom stereocenters. The van der Waals surface area contributed by atoms with Crippen molar-refractivity contribution in [2.45, 2.75) is 6.04 Å². The lowest BCUT2D eigenvalue weighted by atomic mass is 10.1. The Morgan fingerprint density at radius 1 is 1.50 bits per heavy atom. The third kappa shape index (κ3) is 2.43. The van der Waals surface area contributed by atoms with Gasteiger partial charge in [0.05, 0.1) is 19.8 Å². The minimum atomic E-state index is -0.368. The monoisotopic (exact) mass is 199 g/mol. The second-order valence-corrected chi connectivity index (χ2v) is 2.95. The predicted molar refractivity (Wildman–Crippen MR) is 51.8 cm³/mol. The largest absolute Gasteiger partial charge is 0.497 e. The molecule has 4 heteroatoms. The fraction of sp³-hybridized carbons (Fsp3) is 0.400. The average Bonchev–Trinajstić information content (AvgIpc) is 2.19. The Bertz CT molecular complexity index is 300. The van der Waals surface area contributed by atoms with Gasteiger partial charge < -0.3 is 15.2 Å². The van der Waals surface area contributed by atoms with Gasteiger partial charge in [0, 0.05) is 6.07 Å². The topological polar surface area (TPSA) is 41.5 Å². The van der Waals surface area contributed by atoms with E-state index in [0.717, 1.165) is 0 Å². The van der Waals surface area contributed by atoms with Crippen molar-refractivity contribution in [2.75, 3.05) is 20.8 Å². The van der Waals surface area contributed by atoms with E-state index in [-0.39, 0.29) is 18.5 Å². The average molecular weight is 199 g/mol. The van der Waals surface area contributed by atoms with Crippen molar-refractivity contribution in [2.24, 2.45) is 0 Å². The van der Waals surface area contributed by atoms with Crippen LogP contribution in [0, 0.1) is 5.82 Å². The molecule has 14 heavy (non-hydrogen) atoms. The molecule has 0 amide bonds. The van der Waals surface area contributed by atoms with E-state index >= 15 is 0 Å². The van der Waals surface area contributed by atoms with Gasteiger partial charge >= 0.3 is 0 Å². The molecular weight excluding hydrogens is 185 g/mol. The second-order valence-electron chi connectivity index (χ2n) is 2.95. The van der Waals surface area contributed by atoms with Crippen LogP contribution in [-0.4, -0.2) is 25.9 Å². The normalized spacial score (nSPS) is 12.6. The number of ether oxygens (including phenoxy) is 1. The van der Waals surface area contributed by atoms with Crippen LogP contribution in [0.25, 0.3) is 0 Å². The highest BCUT2D eigenvalue weighted by Gasteiger charge is 2.10. The van der Waals surface area contributed by atoms with Crippen molar-refractivity contribution in [3.63, 3.8) is 0 Å². The Morgan fingerprint density at radius 3 is 2.71 bits per heavy atom. The highest BCUT2D eigenvalue weighted by Crippen LogP contribution is 2.20. The van der Waals surface area contributed by atoms with Crippen LogP contribution in [0.5, 0.6) is 5.75 Å². The summed E-state index contributed by atoms with van der Waals surface area (Å²) in [5, 5.41) is 11.9. The van der Waals surface area contributed by atoms with E-state index in [1.807, 2.05) is 0 Å². The van der Waals surface area contributed by atoms with Crippen molar-refractivity contribution in [1.29, 1.82) is 0 Å². The molecular formula is C10H14FNO2. The molecule has 1 aromatic carbocycles. The van der Waals surface area contributed by atoms with Gasteiger partial charge in [0.15, 0.2) is 0 Å². The number of nitrogens with one attached hydrogen (secondary N) is 1. The quantitative estimate of drug-likeness (QED) is 0.762. The summed E-state index contributed by atoms with van der Waals surface area (Å²) in [4.78, 5) is 0. The van der Waals surface area contributed by atoms with Gasteiger partial charge in [-0.05, 0) is 24.7 Å². The van der Waals surface area contributed by atoms with Gasteiger partial charge in [-0.1, -0.05) is 0 Å². The molecule has 78 valence electrons. The summed E-state index contributed by atoms with van der Waals surface area (Å²) in [7, 11) is 3.18. The first-order valence-electron chi connectivity index (χ1n) is 4.34. The summed E-state index contributed by atoms with van der Waals surface area (Å²) < 4.78 is 18.0. The fourth-order valence-electron chi connectivity index (χ4n) is 1.27. The Balaban J connectivity index is 3.01. The maximum atomic E-state index is 13.1. The minimum Gasteiger partial charge on any atom is -0.497 e. The van der Waals surface area contributed by atoms with Crippen molar-refractivity contribution >= 4 is 0 Å². The minimum absolute atomic E-state index is 0.0803. The van der Waals surface area contributed by atoms with E-state index in [0.29, 0.717) is 11.3 Å². The summed E-state index contributed by atoms with van der Waals surface area (Å²) in [5.74, 6) is 0.0850. The van der Waals surface area contributed by atoms with Gasteiger partial charge in [0.25, 0.3) is 0 Å². The summed E-state index contributed by atoms with van der Waals surface area (Å²) in [6, 6.07) is 4.10. The van der Waals surface area contributed by atoms with Crippen LogP contribution in [0.4, 0.5) is 4.39 Å². The van der Waals surface area contributed by atoms with E-state index in [2.05, 4.69) is 5.32 Å². The molecule has 0 fully saturated rings. The maximum Gasteiger partial charge on any atom is 0.127 e. The SMILES string of the molecule is CNC(CO)c1cc(F)cc(OC)c1. The molecule has 1 unspecified atom stereocenters. The predicted octanol–water partition coefficient (Wildman–Crippen LogP) is 1.09. The molecule has 0 heterocycles. The van der Waals surface area contributed by atoms with Crippen LogP contribution in [0.3, 0.4) is 0 Å². The number of aliphatic hydroxyl groups is 1. The zero-order valence-electron chi connectivity index (χ0n) is 8.25. The van der Waals surface area contributed by atoms with E-state index in [9.17, 15) is 4.39 Å². The van der Waals surface area contributed by atoms with Crippen LogP contribution >= 0.6 is 0 Å². The summed E-state index contributed by atoms with van der Waals surface area (Å²) >= 11 is 0. The highest BCUT2D eigenvalue weighted by atomic mass is 19.1. The van der Waals surface area contributed by atoms with E-state index in [4.69, 9.17) is 9.84 Å². The molecule has 0 saturated carbocycles. The standard InChI is InChI=1S/C10H14FNO2/c1-12-10(6-13)7-3-8(11)5-9(4-7)14-2/h3-5,10,12-13H,6H2,1-2H3. The Kier molecular flexibility index (Phi) is 3.85. The van der Waals surface area contributed by atoms with E-state index in [1.54, 1.807) is 13.1 Å². The van der Waals surface area contributed by atoms with Gasteiger partial charge in [-0.3, -0.25) is 0 Å². The first-order valence-corrected chi connectivity index (χ1v) is 4.34. The molecule has 0 spiro atoms.